The highest BCUT2D eigenvalue weighted by Gasteiger charge is 2.31. The van der Waals surface area contributed by atoms with Crippen molar-refractivity contribution in [2.45, 2.75) is 105 Å². The van der Waals surface area contributed by atoms with Gasteiger partial charge in [-0.05, 0) is 106 Å². The van der Waals surface area contributed by atoms with Crippen LogP contribution in [0, 0.1) is 0 Å². The van der Waals surface area contributed by atoms with E-state index in [9.17, 15) is 14.4 Å². The summed E-state index contributed by atoms with van der Waals surface area (Å²) in [5.41, 5.74) is 8.23. The predicted octanol–water partition coefficient (Wildman–Crippen LogP) is 7.57. The molecule has 61 heavy (non-hydrogen) atoms. The van der Waals surface area contributed by atoms with Gasteiger partial charge in [0.05, 0.1) is 17.3 Å². The van der Waals surface area contributed by atoms with Gasteiger partial charge in [0.1, 0.15) is 5.60 Å². The molecule has 2 aromatic heterocycles. The number of hydrogen-bond acceptors (Lipinski definition) is 9. The zero-order valence-corrected chi connectivity index (χ0v) is 36.4. The van der Waals surface area contributed by atoms with E-state index >= 15 is 0 Å². The van der Waals surface area contributed by atoms with Crippen LogP contribution >= 0.6 is 0 Å². The minimum absolute atomic E-state index is 0.0488. The number of fused-ring (bicyclic) bond motifs is 1. The molecule has 13 heteroatoms. The van der Waals surface area contributed by atoms with Crippen molar-refractivity contribution < 1.29 is 23.9 Å². The highest BCUT2D eigenvalue weighted by Crippen LogP contribution is 2.31. The van der Waals surface area contributed by atoms with Gasteiger partial charge < -0.3 is 30.3 Å². The van der Waals surface area contributed by atoms with Gasteiger partial charge in [-0.1, -0.05) is 49.4 Å². The Morgan fingerprint density at radius 2 is 1.51 bits per heavy atom. The normalized spacial score (nSPS) is 16.4. The molecule has 1 atom stereocenters. The summed E-state index contributed by atoms with van der Waals surface area (Å²) in [5.74, 6) is -0.535. The standard InChI is InChI=1S/C48H60N8O5/c1-7-42-40(43(52-39-18-22-60-23-19-39)41-29-51-56(8-2)44(41)53-42)28-50-46(58)38-17-11-16-37(26-38)45(57)49-27-33-12-9-14-35(24-33)36-15-10-13-34(25-36)31-54-20-21-55(32(3)30-54)47(59)61-48(4,5)6/h9-17,24-26,29,32,39H,7-8,18-23,27-28,30-31H2,1-6H3,(H,49,57)(H,50,58)(H,52,53)/t32-/m0/s1. The number of hydrogen-bond donors (Lipinski definition) is 3. The van der Waals surface area contributed by atoms with Gasteiger partial charge in [0.25, 0.3) is 11.8 Å². The van der Waals surface area contributed by atoms with Gasteiger partial charge in [-0.3, -0.25) is 14.5 Å². The van der Waals surface area contributed by atoms with Crippen LogP contribution in [0.4, 0.5) is 10.5 Å². The summed E-state index contributed by atoms with van der Waals surface area (Å²) in [6.45, 7) is 17.5. The molecular formula is C48H60N8O5. The average molecular weight is 829 g/mol. The topological polar surface area (TPSA) is 143 Å². The van der Waals surface area contributed by atoms with Crippen LogP contribution in [0.2, 0.25) is 0 Å². The molecule has 7 rings (SSSR count). The van der Waals surface area contributed by atoms with Crippen LogP contribution in [0.5, 0.6) is 0 Å². The number of nitrogens with zero attached hydrogens (tertiary/aromatic N) is 5. The molecular weight excluding hydrogens is 769 g/mol. The highest BCUT2D eigenvalue weighted by atomic mass is 16.6. The number of carbonyl (C=O) groups excluding carboxylic acids is 3. The van der Waals surface area contributed by atoms with Gasteiger partial charge in [0.2, 0.25) is 0 Å². The maximum Gasteiger partial charge on any atom is 0.410 e. The van der Waals surface area contributed by atoms with Gasteiger partial charge in [-0.15, -0.1) is 0 Å². The first-order chi connectivity index (χ1) is 29.4. The first kappa shape index (κ1) is 43.3. The number of amides is 3. The Bertz CT molecular complexity index is 2350. The number of carbonyl (C=O) groups is 3. The molecule has 5 aromatic rings. The third-order valence-electron chi connectivity index (χ3n) is 11.4. The van der Waals surface area contributed by atoms with Crippen LogP contribution in [0.1, 0.15) is 97.5 Å². The Morgan fingerprint density at radius 1 is 0.852 bits per heavy atom. The molecule has 2 aliphatic heterocycles. The van der Waals surface area contributed by atoms with E-state index in [4.69, 9.17) is 14.5 Å². The fourth-order valence-corrected chi connectivity index (χ4v) is 8.19. The van der Waals surface area contributed by atoms with Crippen LogP contribution in [-0.2, 0) is 42.1 Å². The zero-order valence-electron chi connectivity index (χ0n) is 36.4. The van der Waals surface area contributed by atoms with Crippen molar-refractivity contribution in [2.75, 3.05) is 38.2 Å². The lowest BCUT2D eigenvalue weighted by molar-refractivity contribution is 0.000540. The minimum atomic E-state index is -0.520. The number of benzene rings is 3. The van der Waals surface area contributed by atoms with Gasteiger partial charge in [0, 0.05) is 93.5 Å². The van der Waals surface area contributed by atoms with Crippen molar-refractivity contribution in [3.63, 3.8) is 0 Å². The summed E-state index contributed by atoms with van der Waals surface area (Å²) < 4.78 is 13.1. The number of ether oxygens (including phenoxy) is 2. The number of rotatable bonds is 13. The molecule has 0 aliphatic carbocycles. The van der Waals surface area contributed by atoms with E-state index in [1.807, 2.05) is 48.7 Å². The van der Waals surface area contributed by atoms with E-state index < -0.39 is 5.60 Å². The lowest BCUT2D eigenvalue weighted by Crippen LogP contribution is -2.54. The number of aryl methyl sites for hydroxylation is 2. The second-order valence-electron chi connectivity index (χ2n) is 17.1. The summed E-state index contributed by atoms with van der Waals surface area (Å²) in [6.07, 6.45) is 4.09. The average Bonchev–Trinajstić information content (AvgIpc) is 3.68. The third-order valence-corrected chi connectivity index (χ3v) is 11.4. The number of piperazine rings is 1. The zero-order chi connectivity index (χ0) is 43.1. The summed E-state index contributed by atoms with van der Waals surface area (Å²) >= 11 is 0. The van der Waals surface area contributed by atoms with E-state index in [1.54, 1.807) is 24.3 Å². The minimum Gasteiger partial charge on any atom is -0.444 e. The lowest BCUT2D eigenvalue weighted by atomic mass is 10.0. The monoisotopic (exact) mass is 828 g/mol. The highest BCUT2D eigenvalue weighted by molar-refractivity contribution is 6.00. The molecule has 0 unspecified atom stereocenters. The molecule has 2 aliphatic rings. The van der Waals surface area contributed by atoms with Gasteiger partial charge in [0.15, 0.2) is 5.65 Å². The van der Waals surface area contributed by atoms with Crippen molar-refractivity contribution >= 4 is 34.6 Å². The first-order valence-corrected chi connectivity index (χ1v) is 21.7. The largest absolute Gasteiger partial charge is 0.444 e. The van der Waals surface area contributed by atoms with Crippen molar-refractivity contribution in [3.8, 4) is 11.1 Å². The Kier molecular flexibility index (Phi) is 13.7. The van der Waals surface area contributed by atoms with Crippen molar-refractivity contribution in [1.29, 1.82) is 0 Å². The lowest BCUT2D eigenvalue weighted by Gasteiger charge is -2.40. The van der Waals surface area contributed by atoms with Crippen LogP contribution < -0.4 is 16.0 Å². The van der Waals surface area contributed by atoms with Crippen LogP contribution in [0.25, 0.3) is 22.2 Å². The molecule has 3 amide bonds. The van der Waals surface area contributed by atoms with Gasteiger partial charge in [-0.25, -0.2) is 14.5 Å². The number of nitrogens with one attached hydrogen (secondary N) is 3. The second kappa shape index (κ2) is 19.3. The fourth-order valence-electron chi connectivity index (χ4n) is 8.19. The van der Waals surface area contributed by atoms with Gasteiger partial charge in [-0.2, -0.15) is 5.10 Å². The van der Waals surface area contributed by atoms with Crippen LogP contribution in [0.15, 0.2) is 79.0 Å². The van der Waals surface area contributed by atoms with Gasteiger partial charge >= 0.3 is 6.09 Å². The number of aromatic nitrogens is 3. The number of pyridine rings is 1. The fraction of sp³-hybridized carbons (Fsp3) is 0.438. The molecule has 322 valence electrons. The maximum absolute atomic E-state index is 13.7. The predicted molar refractivity (Wildman–Crippen MR) is 238 cm³/mol. The molecule has 13 nitrogen and oxygen atoms in total. The molecule has 0 saturated carbocycles. The molecule has 2 fully saturated rings. The summed E-state index contributed by atoms with van der Waals surface area (Å²) in [4.78, 5) is 49.0. The van der Waals surface area contributed by atoms with E-state index in [2.05, 4.69) is 83.1 Å². The molecule has 0 spiro atoms. The molecule has 3 aromatic carbocycles. The van der Waals surface area contributed by atoms with E-state index in [0.717, 1.165) is 77.1 Å². The second-order valence-corrected chi connectivity index (χ2v) is 17.1. The van der Waals surface area contributed by atoms with Crippen LogP contribution in [0.3, 0.4) is 0 Å². The van der Waals surface area contributed by atoms with E-state index in [1.165, 1.54) is 5.56 Å². The molecule has 4 heterocycles. The molecule has 3 N–H and O–H groups in total. The number of anilines is 1. The van der Waals surface area contributed by atoms with E-state index in [0.29, 0.717) is 50.4 Å². The Morgan fingerprint density at radius 3 is 2.16 bits per heavy atom. The van der Waals surface area contributed by atoms with Crippen molar-refractivity contribution in [2.24, 2.45) is 0 Å². The quantitative estimate of drug-likeness (QED) is 0.110. The summed E-state index contributed by atoms with van der Waals surface area (Å²) in [6, 6.07) is 23.8. The van der Waals surface area contributed by atoms with Crippen molar-refractivity contribution in [1.82, 2.24) is 35.2 Å². The maximum atomic E-state index is 13.7. The molecule has 0 bridgehead atoms. The molecule has 0 radical (unpaired) electrons. The van der Waals surface area contributed by atoms with E-state index in [-0.39, 0.29) is 36.5 Å². The summed E-state index contributed by atoms with van der Waals surface area (Å²) in [5, 5.41) is 15.5. The smallest absolute Gasteiger partial charge is 0.410 e. The van der Waals surface area contributed by atoms with Crippen molar-refractivity contribution in [3.05, 3.63) is 113 Å². The summed E-state index contributed by atoms with van der Waals surface area (Å²) in [7, 11) is 0. The third kappa shape index (κ3) is 10.8. The van der Waals surface area contributed by atoms with Crippen LogP contribution in [-0.4, -0.2) is 93.0 Å². The Balaban J connectivity index is 0.966. The SMILES string of the molecule is CCc1nc2c(cnn2CC)c(NC2CCOCC2)c1CNC(=O)c1cccc(C(=O)NCc2cccc(-c3cccc(CN4CCN(C(=O)OC(C)(C)C)[C@@H](C)C4)c3)c2)c1. The molecule has 2 saturated heterocycles. The Hall–Kier alpha value is -5.79. The Labute approximate surface area is 359 Å². The first-order valence-electron chi connectivity index (χ1n) is 21.7.